The van der Waals surface area contributed by atoms with Crippen molar-refractivity contribution in [2.24, 2.45) is 0 Å². The van der Waals surface area contributed by atoms with Crippen LogP contribution in [0.5, 0.6) is 5.75 Å². The van der Waals surface area contributed by atoms with Crippen LogP contribution in [0.1, 0.15) is 37.3 Å². The molecule has 2 rings (SSSR count). The van der Waals surface area contributed by atoms with Crippen molar-refractivity contribution in [3.8, 4) is 5.75 Å². The van der Waals surface area contributed by atoms with E-state index in [1.807, 2.05) is 19.1 Å². The number of benzene rings is 1. The zero-order valence-electron chi connectivity index (χ0n) is 10.6. The van der Waals surface area contributed by atoms with Crippen molar-refractivity contribution in [1.29, 1.82) is 0 Å². The van der Waals surface area contributed by atoms with Gasteiger partial charge in [0.25, 0.3) is 0 Å². The summed E-state index contributed by atoms with van der Waals surface area (Å²) in [6.07, 6.45) is 2.84. The molecule has 0 atom stereocenters. The first-order valence-corrected chi connectivity index (χ1v) is 6.49. The smallest absolute Gasteiger partial charge is 0.304 e. The maximum Gasteiger partial charge on any atom is 0.304 e. The zero-order valence-corrected chi connectivity index (χ0v) is 11.4. The maximum atomic E-state index is 10.9. The van der Waals surface area contributed by atoms with Crippen LogP contribution in [-0.2, 0) is 16.6 Å². The highest BCUT2D eigenvalue weighted by Gasteiger charge is 2.46. The number of aryl methyl sites for hydroxylation is 1. The predicted octanol–water partition coefficient (Wildman–Crippen LogP) is 3.42. The van der Waals surface area contributed by atoms with Gasteiger partial charge in [-0.05, 0) is 36.5 Å². The molecule has 1 N–H and O–H groups in total. The molecule has 0 heterocycles. The molecule has 1 aliphatic carbocycles. The third-order valence-corrected chi connectivity index (χ3v) is 3.94. The molecule has 0 unspecified atom stereocenters. The second-order valence-corrected chi connectivity index (χ2v) is 5.26. The van der Waals surface area contributed by atoms with E-state index in [1.165, 1.54) is 0 Å². The van der Waals surface area contributed by atoms with Gasteiger partial charge in [0.1, 0.15) is 5.75 Å². The van der Waals surface area contributed by atoms with Gasteiger partial charge in [0.05, 0.1) is 18.6 Å². The Kier molecular flexibility index (Phi) is 3.53. The zero-order chi connectivity index (χ0) is 13.3. The average molecular weight is 269 g/mol. The third kappa shape index (κ3) is 2.32. The number of rotatable bonds is 5. The van der Waals surface area contributed by atoms with Crippen molar-refractivity contribution in [2.75, 3.05) is 7.11 Å². The minimum absolute atomic E-state index is 0.179. The van der Waals surface area contributed by atoms with Gasteiger partial charge in [-0.25, -0.2) is 0 Å². The van der Waals surface area contributed by atoms with E-state index in [-0.39, 0.29) is 11.8 Å². The van der Waals surface area contributed by atoms with E-state index in [4.69, 9.17) is 21.4 Å². The number of aliphatic carboxylic acids is 1. The van der Waals surface area contributed by atoms with Gasteiger partial charge < -0.3 is 9.84 Å². The maximum absolute atomic E-state index is 10.9. The van der Waals surface area contributed by atoms with E-state index in [9.17, 15) is 4.79 Å². The summed E-state index contributed by atoms with van der Waals surface area (Å²) in [5.41, 5.74) is 1.87. The van der Waals surface area contributed by atoms with Crippen molar-refractivity contribution in [3.05, 3.63) is 28.3 Å². The molecular weight excluding hydrogens is 252 g/mol. The molecular formula is C14H17ClO3. The van der Waals surface area contributed by atoms with Gasteiger partial charge >= 0.3 is 5.97 Å². The number of hydrogen-bond acceptors (Lipinski definition) is 2. The molecule has 0 radical (unpaired) electrons. The van der Waals surface area contributed by atoms with Crippen LogP contribution >= 0.6 is 11.6 Å². The molecule has 1 aromatic rings. The first-order chi connectivity index (χ1) is 8.52. The van der Waals surface area contributed by atoms with Crippen LogP contribution in [0.15, 0.2) is 12.1 Å². The van der Waals surface area contributed by atoms with Crippen LogP contribution < -0.4 is 4.74 Å². The Morgan fingerprint density at radius 3 is 2.61 bits per heavy atom. The molecule has 0 aromatic heterocycles. The molecule has 4 heteroatoms. The molecule has 1 aliphatic rings. The van der Waals surface area contributed by atoms with Gasteiger partial charge in [-0.2, -0.15) is 0 Å². The molecule has 1 aromatic carbocycles. The first kappa shape index (κ1) is 13.2. The average Bonchev–Trinajstić information content (AvgIpc) is 3.07. The Bertz CT molecular complexity index is 478. The molecule has 0 bridgehead atoms. The Morgan fingerprint density at radius 1 is 1.50 bits per heavy atom. The number of carboxylic acids is 1. The van der Waals surface area contributed by atoms with Crippen molar-refractivity contribution in [1.82, 2.24) is 0 Å². The lowest BCUT2D eigenvalue weighted by Crippen LogP contribution is -2.13. The van der Waals surface area contributed by atoms with Crippen molar-refractivity contribution in [3.63, 3.8) is 0 Å². The topological polar surface area (TPSA) is 46.5 Å². The van der Waals surface area contributed by atoms with E-state index < -0.39 is 5.97 Å². The summed E-state index contributed by atoms with van der Waals surface area (Å²) in [7, 11) is 1.60. The van der Waals surface area contributed by atoms with Crippen LogP contribution in [0.3, 0.4) is 0 Å². The predicted molar refractivity (Wildman–Crippen MR) is 70.5 cm³/mol. The normalized spacial score (nSPS) is 16.4. The third-order valence-electron chi connectivity index (χ3n) is 3.66. The molecule has 1 saturated carbocycles. The Hall–Kier alpha value is -1.22. The number of methoxy groups -OCH3 is 1. The van der Waals surface area contributed by atoms with E-state index in [1.54, 1.807) is 7.11 Å². The van der Waals surface area contributed by atoms with Crippen LogP contribution in [0.4, 0.5) is 0 Å². The van der Waals surface area contributed by atoms with E-state index in [0.717, 1.165) is 30.4 Å². The number of hydrogen-bond donors (Lipinski definition) is 1. The fraction of sp³-hybridized carbons (Fsp3) is 0.500. The van der Waals surface area contributed by atoms with E-state index in [2.05, 4.69) is 0 Å². The summed E-state index contributed by atoms with van der Waals surface area (Å²) in [5, 5.41) is 9.56. The second-order valence-electron chi connectivity index (χ2n) is 4.85. The molecule has 0 aliphatic heterocycles. The van der Waals surface area contributed by atoms with Crippen LogP contribution in [-0.4, -0.2) is 18.2 Å². The second kappa shape index (κ2) is 4.81. The number of carbonyl (C=O) groups is 1. The Morgan fingerprint density at radius 2 is 2.17 bits per heavy atom. The monoisotopic (exact) mass is 268 g/mol. The van der Waals surface area contributed by atoms with Gasteiger partial charge in [-0.1, -0.05) is 24.6 Å². The Balaban J connectivity index is 2.41. The quantitative estimate of drug-likeness (QED) is 0.890. The van der Waals surface area contributed by atoms with Gasteiger partial charge in [-0.3, -0.25) is 4.79 Å². The summed E-state index contributed by atoms with van der Waals surface area (Å²) in [4.78, 5) is 10.9. The fourth-order valence-corrected chi connectivity index (χ4v) is 2.77. The highest BCUT2D eigenvalue weighted by atomic mass is 35.5. The highest BCUT2D eigenvalue weighted by molar-refractivity contribution is 6.32. The van der Waals surface area contributed by atoms with Crippen LogP contribution in [0.25, 0.3) is 0 Å². The summed E-state index contributed by atoms with van der Waals surface area (Å²) < 4.78 is 5.29. The largest absolute Gasteiger partial charge is 0.495 e. The Labute approximate surface area is 112 Å². The van der Waals surface area contributed by atoms with Crippen molar-refractivity contribution >= 4 is 17.6 Å². The first-order valence-electron chi connectivity index (χ1n) is 6.11. The molecule has 98 valence electrons. The van der Waals surface area contributed by atoms with Crippen LogP contribution in [0, 0.1) is 0 Å². The van der Waals surface area contributed by atoms with Gasteiger partial charge in [0.15, 0.2) is 0 Å². The fourth-order valence-electron chi connectivity index (χ4n) is 2.46. The minimum atomic E-state index is -0.752. The lowest BCUT2D eigenvalue weighted by atomic mass is 9.90. The van der Waals surface area contributed by atoms with Gasteiger partial charge in [-0.15, -0.1) is 0 Å². The molecule has 0 spiro atoms. The van der Waals surface area contributed by atoms with Gasteiger partial charge in [0, 0.05) is 5.41 Å². The highest BCUT2D eigenvalue weighted by Crippen LogP contribution is 2.52. The van der Waals surface area contributed by atoms with Crippen LogP contribution in [0.2, 0.25) is 5.02 Å². The van der Waals surface area contributed by atoms with E-state index >= 15 is 0 Å². The summed E-state index contributed by atoms with van der Waals surface area (Å²) >= 11 is 6.21. The number of ether oxygens (including phenoxy) is 1. The number of carboxylic acid groups (broad SMARTS) is 1. The minimum Gasteiger partial charge on any atom is -0.495 e. The van der Waals surface area contributed by atoms with Crippen molar-refractivity contribution in [2.45, 2.75) is 38.0 Å². The lowest BCUT2D eigenvalue weighted by molar-refractivity contribution is -0.137. The van der Waals surface area contributed by atoms with Gasteiger partial charge in [0.2, 0.25) is 0 Å². The summed E-state index contributed by atoms with van der Waals surface area (Å²) in [6, 6.07) is 3.90. The summed E-state index contributed by atoms with van der Waals surface area (Å²) in [5.74, 6) is -0.0495. The number of halogens is 1. The summed E-state index contributed by atoms with van der Waals surface area (Å²) in [6.45, 7) is 2.04. The molecule has 1 fully saturated rings. The SMILES string of the molecule is CCc1cc(C2(CC(=O)O)CC2)cc(Cl)c1OC. The van der Waals surface area contributed by atoms with E-state index in [0.29, 0.717) is 10.8 Å². The lowest BCUT2D eigenvalue weighted by Gasteiger charge is -2.17. The van der Waals surface area contributed by atoms with Crippen molar-refractivity contribution < 1.29 is 14.6 Å². The molecule has 0 amide bonds. The molecule has 3 nitrogen and oxygen atoms in total. The standard InChI is InChI=1S/C14H17ClO3/c1-3-9-6-10(7-11(15)13(9)18-2)14(4-5-14)8-12(16)17/h6-7H,3-5,8H2,1-2H3,(H,16,17). The molecule has 18 heavy (non-hydrogen) atoms. The molecule has 0 saturated heterocycles.